The van der Waals surface area contributed by atoms with Crippen LogP contribution >= 0.6 is 0 Å². The normalized spacial score (nSPS) is 23.2. The molecule has 0 bridgehead atoms. The van der Waals surface area contributed by atoms with Crippen LogP contribution in [0.25, 0.3) is 0 Å². The largest absolute Gasteiger partial charge is 0.455 e. The fourth-order valence-electron chi connectivity index (χ4n) is 1.80. The number of ether oxygens (including phenoxy) is 1. The lowest BCUT2D eigenvalue weighted by Gasteiger charge is -2.14. The number of aliphatic hydroxyl groups excluding tert-OH is 1. The van der Waals surface area contributed by atoms with Gasteiger partial charge < -0.3 is 9.84 Å². The summed E-state index contributed by atoms with van der Waals surface area (Å²) in [5.41, 5.74) is 0. The molecule has 1 heterocycles. The first-order valence-electron chi connectivity index (χ1n) is 6.16. The average molecular weight is 226 g/mol. The van der Waals surface area contributed by atoms with E-state index in [2.05, 4.69) is 6.92 Å². The minimum absolute atomic E-state index is 0.00156. The second-order valence-electron chi connectivity index (χ2n) is 4.69. The van der Waals surface area contributed by atoms with Crippen LogP contribution in [0.15, 0.2) is 12.2 Å². The Bertz CT molecular complexity index is 246. The lowest BCUT2D eigenvalue weighted by atomic mass is 9.98. The number of aliphatic hydroxyl groups is 1. The van der Waals surface area contributed by atoms with Gasteiger partial charge in [0.15, 0.2) is 0 Å². The van der Waals surface area contributed by atoms with Gasteiger partial charge in [0.1, 0.15) is 6.10 Å². The predicted octanol–water partition coefficient (Wildman–Crippen LogP) is 2.44. The van der Waals surface area contributed by atoms with E-state index in [4.69, 9.17) is 4.74 Å². The molecule has 0 amide bonds. The van der Waals surface area contributed by atoms with Crippen molar-refractivity contribution in [2.75, 3.05) is 0 Å². The van der Waals surface area contributed by atoms with Crippen molar-refractivity contribution in [3.63, 3.8) is 0 Å². The summed E-state index contributed by atoms with van der Waals surface area (Å²) in [5, 5.41) is 9.31. The smallest absolute Gasteiger partial charge is 0.331 e. The maximum absolute atomic E-state index is 10.8. The second-order valence-corrected chi connectivity index (χ2v) is 4.69. The Labute approximate surface area is 97.5 Å². The number of hydrogen-bond donors (Lipinski definition) is 1. The highest BCUT2D eigenvalue weighted by atomic mass is 16.5. The van der Waals surface area contributed by atoms with E-state index in [-0.39, 0.29) is 18.2 Å². The molecule has 0 aromatic heterocycles. The lowest BCUT2D eigenvalue weighted by molar-refractivity contribution is -0.138. The molecule has 0 fully saturated rings. The van der Waals surface area contributed by atoms with Gasteiger partial charge in [-0.3, -0.25) is 0 Å². The summed E-state index contributed by atoms with van der Waals surface area (Å²) in [6.45, 7) is 3.92. The molecule has 0 spiro atoms. The fraction of sp³-hybridized carbons (Fsp3) is 0.769. The maximum atomic E-state index is 10.8. The van der Waals surface area contributed by atoms with Crippen LogP contribution < -0.4 is 0 Å². The minimum atomic E-state index is -0.215. The summed E-state index contributed by atoms with van der Waals surface area (Å²) in [4.78, 5) is 10.8. The van der Waals surface area contributed by atoms with Gasteiger partial charge in [-0.05, 0) is 38.2 Å². The average Bonchev–Trinajstić information content (AvgIpc) is 2.63. The quantitative estimate of drug-likeness (QED) is 0.535. The highest BCUT2D eigenvalue weighted by Gasteiger charge is 2.15. The Morgan fingerprint density at radius 2 is 2.12 bits per heavy atom. The molecule has 0 aliphatic carbocycles. The zero-order valence-electron chi connectivity index (χ0n) is 10.2. The molecule has 1 aliphatic heterocycles. The van der Waals surface area contributed by atoms with Crippen molar-refractivity contribution in [1.29, 1.82) is 0 Å². The SMILES string of the molecule is C[C@@H](O)[C@@H](C)CCCCC[C@@H]1C=CC(=O)O1. The number of esters is 1. The van der Waals surface area contributed by atoms with Crippen molar-refractivity contribution < 1.29 is 14.6 Å². The fourth-order valence-corrected chi connectivity index (χ4v) is 1.80. The van der Waals surface area contributed by atoms with Crippen molar-refractivity contribution in [2.24, 2.45) is 5.92 Å². The first-order valence-corrected chi connectivity index (χ1v) is 6.16. The highest BCUT2D eigenvalue weighted by molar-refractivity contribution is 5.84. The third kappa shape index (κ3) is 4.79. The summed E-state index contributed by atoms with van der Waals surface area (Å²) in [6.07, 6.45) is 8.47. The summed E-state index contributed by atoms with van der Waals surface area (Å²) >= 11 is 0. The molecule has 0 aromatic carbocycles. The second kappa shape index (κ2) is 6.69. The summed E-state index contributed by atoms with van der Waals surface area (Å²) in [6, 6.07) is 0. The summed E-state index contributed by atoms with van der Waals surface area (Å²) in [5.74, 6) is 0.164. The molecule has 3 nitrogen and oxygen atoms in total. The third-order valence-corrected chi connectivity index (χ3v) is 3.19. The zero-order valence-corrected chi connectivity index (χ0v) is 10.2. The van der Waals surface area contributed by atoms with Gasteiger partial charge in [0, 0.05) is 6.08 Å². The summed E-state index contributed by atoms with van der Waals surface area (Å²) < 4.78 is 5.04. The Balaban J connectivity index is 1.96. The predicted molar refractivity (Wildman–Crippen MR) is 62.9 cm³/mol. The molecule has 1 N–H and O–H groups in total. The molecule has 3 atom stereocenters. The molecule has 0 aromatic rings. The van der Waals surface area contributed by atoms with Crippen LogP contribution in [0.3, 0.4) is 0 Å². The summed E-state index contributed by atoms with van der Waals surface area (Å²) in [7, 11) is 0. The molecule has 0 saturated carbocycles. The van der Waals surface area contributed by atoms with Crippen molar-refractivity contribution in [1.82, 2.24) is 0 Å². The third-order valence-electron chi connectivity index (χ3n) is 3.19. The van der Waals surface area contributed by atoms with E-state index >= 15 is 0 Å². The topological polar surface area (TPSA) is 46.5 Å². The van der Waals surface area contributed by atoms with Gasteiger partial charge in [0.2, 0.25) is 0 Å². The standard InChI is InChI=1S/C13H22O3/c1-10(11(2)14)6-4-3-5-7-12-8-9-13(15)16-12/h8-12,14H,3-7H2,1-2H3/t10-,11+,12+/m0/s1. The number of rotatable bonds is 7. The van der Waals surface area contributed by atoms with Crippen LogP contribution in [-0.2, 0) is 9.53 Å². The zero-order chi connectivity index (χ0) is 12.0. The number of carbonyl (C=O) groups excluding carboxylic acids is 1. The van der Waals surface area contributed by atoms with Crippen LogP contribution in [-0.4, -0.2) is 23.3 Å². The van der Waals surface area contributed by atoms with Crippen LogP contribution in [0.4, 0.5) is 0 Å². The molecule has 1 rings (SSSR count). The van der Waals surface area contributed by atoms with E-state index in [0.29, 0.717) is 5.92 Å². The van der Waals surface area contributed by atoms with Gasteiger partial charge in [-0.15, -0.1) is 0 Å². The molecule has 0 saturated heterocycles. The Morgan fingerprint density at radius 3 is 2.69 bits per heavy atom. The van der Waals surface area contributed by atoms with Crippen LogP contribution in [0, 0.1) is 5.92 Å². The van der Waals surface area contributed by atoms with Gasteiger partial charge in [0.25, 0.3) is 0 Å². The van der Waals surface area contributed by atoms with Gasteiger partial charge in [-0.2, -0.15) is 0 Å². The first kappa shape index (κ1) is 13.2. The van der Waals surface area contributed by atoms with E-state index < -0.39 is 0 Å². The van der Waals surface area contributed by atoms with Crippen LogP contribution in [0.1, 0.15) is 46.0 Å². The molecule has 92 valence electrons. The molecule has 0 unspecified atom stereocenters. The molecular weight excluding hydrogens is 204 g/mol. The van der Waals surface area contributed by atoms with Gasteiger partial charge in [-0.25, -0.2) is 4.79 Å². The van der Waals surface area contributed by atoms with Gasteiger partial charge in [0.05, 0.1) is 6.10 Å². The van der Waals surface area contributed by atoms with E-state index in [1.165, 1.54) is 6.08 Å². The van der Waals surface area contributed by atoms with Crippen molar-refractivity contribution in [3.8, 4) is 0 Å². The van der Waals surface area contributed by atoms with Crippen LogP contribution in [0.2, 0.25) is 0 Å². The van der Waals surface area contributed by atoms with Crippen LogP contribution in [0.5, 0.6) is 0 Å². The van der Waals surface area contributed by atoms with Gasteiger partial charge >= 0.3 is 5.97 Å². The number of hydrogen-bond acceptors (Lipinski definition) is 3. The Hall–Kier alpha value is -0.830. The van der Waals surface area contributed by atoms with E-state index in [1.807, 2.05) is 13.0 Å². The van der Waals surface area contributed by atoms with Crippen molar-refractivity contribution in [3.05, 3.63) is 12.2 Å². The number of cyclic esters (lactones) is 1. The molecular formula is C13H22O3. The van der Waals surface area contributed by atoms with E-state index in [9.17, 15) is 9.90 Å². The molecule has 3 heteroatoms. The minimum Gasteiger partial charge on any atom is -0.455 e. The monoisotopic (exact) mass is 226 g/mol. The maximum Gasteiger partial charge on any atom is 0.331 e. The lowest BCUT2D eigenvalue weighted by Crippen LogP contribution is -2.12. The Morgan fingerprint density at radius 1 is 1.38 bits per heavy atom. The van der Waals surface area contributed by atoms with Gasteiger partial charge in [-0.1, -0.05) is 19.8 Å². The van der Waals surface area contributed by atoms with E-state index in [0.717, 1.165) is 32.1 Å². The molecule has 0 radical (unpaired) electrons. The number of unbranched alkanes of at least 4 members (excludes halogenated alkanes) is 2. The first-order chi connectivity index (χ1) is 7.59. The Kier molecular flexibility index (Phi) is 5.53. The molecule has 1 aliphatic rings. The highest BCUT2D eigenvalue weighted by Crippen LogP contribution is 2.17. The van der Waals surface area contributed by atoms with Crippen molar-refractivity contribution >= 4 is 5.97 Å². The molecule has 16 heavy (non-hydrogen) atoms. The van der Waals surface area contributed by atoms with E-state index in [1.54, 1.807) is 0 Å². The van der Waals surface area contributed by atoms with Crippen molar-refractivity contribution in [2.45, 2.75) is 58.2 Å². The number of carbonyl (C=O) groups is 1.